The molecule has 4 rings (SSSR count). The van der Waals surface area contributed by atoms with Gasteiger partial charge in [-0.05, 0) is 60.8 Å². The molecule has 7 heteroatoms. The number of aliphatic imine (C=N–C) groups is 1. The maximum Gasteiger partial charge on any atom is 0.271 e. The molecule has 0 aliphatic heterocycles. The highest BCUT2D eigenvalue weighted by atomic mass is 32.1. The molecule has 156 valence electrons. The summed E-state index contributed by atoms with van der Waals surface area (Å²) in [5, 5.41) is 3.96. The largest absolute Gasteiger partial charge is 0.457 e. The van der Waals surface area contributed by atoms with Crippen LogP contribution in [0.2, 0.25) is 0 Å². The van der Waals surface area contributed by atoms with Crippen LogP contribution in [0.15, 0.2) is 64.4 Å². The normalized spacial score (nSPS) is 15.5. The van der Waals surface area contributed by atoms with E-state index in [0.717, 1.165) is 30.0 Å². The van der Waals surface area contributed by atoms with Crippen LogP contribution in [0.4, 0.5) is 10.7 Å². The quantitative estimate of drug-likeness (QED) is 0.282. The Morgan fingerprint density at radius 3 is 2.37 bits per heavy atom. The first-order valence-corrected chi connectivity index (χ1v) is 11.2. The van der Waals surface area contributed by atoms with Gasteiger partial charge in [-0.1, -0.05) is 43.9 Å². The fraction of sp³-hybridized carbons (Fsp3) is 0.304. The number of anilines is 2. The molecule has 0 radical (unpaired) electrons. The van der Waals surface area contributed by atoms with E-state index in [-0.39, 0.29) is 11.6 Å². The fourth-order valence-electron chi connectivity index (χ4n) is 3.63. The predicted molar refractivity (Wildman–Crippen MR) is 123 cm³/mol. The third-order valence-electron chi connectivity index (χ3n) is 5.19. The monoisotopic (exact) mass is 422 g/mol. The maximum absolute atomic E-state index is 12.4. The van der Waals surface area contributed by atoms with E-state index in [9.17, 15) is 4.79 Å². The number of ether oxygens (including phenoxy) is 1. The molecule has 6 nitrogen and oxygen atoms in total. The number of amidine groups is 1. The first-order chi connectivity index (χ1) is 14.7. The van der Waals surface area contributed by atoms with Gasteiger partial charge >= 0.3 is 0 Å². The Kier molecular flexibility index (Phi) is 6.49. The predicted octanol–water partition coefficient (Wildman–Crippen LogP) is 5.40. The van der Waals surface area contributed by atoms with Gasteiger partial charge in [-0.3, -0.25) is 14.2 Å². The van der Waals surface area contributed by atoms with Crippen LogP contribution < -0.4 is 21.3 Å². The van der Waals surface area contributed by atoms with Crippen molar-refractivity contribution in [2.45, 2.75) is 44.6 Å². The number of hydrogen-bond donors (Lipinski definition) is 3. The highest BCUT2D eigenvalue weighted by Gasteiger charge is 2.18. The molecule has 0 amide bonds. The van der Waals surface area contributed by atoms with Crippen LogP contribution in [-0.4, -0.2) is 16.3 Å². The van der Waals surface area contributed by atoms with Crippen LogP contribution in [0.1, 0.15) is 44.1 Å². The molecule has 3 aromatic rings. The van der Waals surface area contributed by atoms with Crippen molar-refractivity contribution in [2.24, 2.45) is 10.7 Å². The van der Waals surface area contributed by atoms with Crippen LogP contribution in [0.5, 0.6) is 11.5 Å². The Balaban J connectivity index is 1.48. The van der Waals surface area contributed by atoms with E-state index in [2.05, 4.69) is 14.7 Å². The molecule has 1 aliphatic rings. The molecule has 1 aromatic heterocycles. The minimum atomic E-state index is -0.207. The molecule has 0 spiro atoms. The number of aromatic amines is 1. The summed E-state index contributed by atoms with van der Waals surface area (Å²) in [5.74, 6) is 1.84. The van der Waals surface area contributed by atoms with Gasteiger partial charge in [0.2, 0.25) is 0 Å². The highest BCUT2D eigenvalue weighted by molar-refractivity contribution is 7.10. The first kappa shape index (κ1) is 20.2. The zero-order valence-corrected chi connectivity index (χ0v) is 17.6. The molecule has 4 N–H and O–H groups in total. The number of aromatic nitrogens is 1. The Bertz CT molecular complexity index is 1030. The summed E-state index contributed by atoms with van der Waals surface area (Å²) < 4.78 is 8.59. The second kappa shape index (κ2) is 9.63. The van der Waals surface area contributed by atoms with Gasteiger partial charge in [0.1, 0.15) is 27.9 Å². The summed E-state index contributed by atoms with van der Waals surface area (Å²) >= 11 is 1.23. The summed E-state index contributed by atoms with van der Waals surface area (Å²) in [6, 6.07) is 17.4. The number of para-hydroxylation sites is 1. The van der Waals surface area contributed by atoms with Crippen LogP contribution in [0.25, 0.3) is 0 Å². The smallest absolute Gasteiger partial charge is 0.271 e. The average Bonchev–Trinajstić information content (AvgIpc) is 2.94. The molecule has 1 heterocycles. The van der Waals surface area contributed by atoms with Crippen LogP contribution in [0, 0.1) is 0 Å². The third-order valence-corrected chi connectivity index (χ3v) is 5.99. The summed E-state index contributed by atoms with van der Waals surface area (Å²) in [7, 11) is 0. The Labute approximate surface area is 180 Å². The lowest BCUT2D eigenvalue weighted by molar-refractivity contribution is 0.483. The molecule has 0 unspecified atom stereocenters. The van der Waals surface area contributed by atoms with Crippen molar-refractivity contribution in [1.82, 2.24) is 4.37 Å². The topological polar surface area (TPSA) is 92.5 Å². The van der Waals surface area contributed by atoms with Crippen molar-refractivity contribution < 1.29 is 4.74 Å². The molecule has 1 aliphatic carbocycles. The van der Waals surface area contributed by atoms with Crippen molar-refractivity contribution >= 4 is 28.1 Å². The van der Waals surface area contributed by atoms with Crippen molar-refractivity contribution in [3.8, 4) is 11.5 Å². The Morgan fingerprint density at radius 1 is 1.00 bits per heavy atom. The number of benzene rings is 2. The summed E-state index contributed by atoms with van der Waals surface area (Å²) in [4.78, 5) is 17.1. The molecular weight excluding hydrogens is 396 g/mol. The lowest BCUT2D eigenvalue weighted by Gasteiger charge is -2.11. The van der Waals surface area contributed by atoms with Gasteiger partial charge in [-0.25, -0.2) is 0 Å². The molecule has 0 bridgehead atoms. The van der Waals surface area contributed by atoms with E-state index in [0.29, 0.717) is 16.4 Å². The number of nitrogens with two attached hydrogens (primary N) is 1. The Morgan fingerprint density at radius 2 is 1.67 bits per heavy atom. The number of H-pyrrole nitrogens is 1. The van der Waals surface area contributed by atoms with E-state index >= 15 is 0 Å². The summed E-state index contributed by atoms with van der Waals surface area (Å²) in [6.07, 6.45) is 6.92. The Hall–Kier alpha value is -3.06. The summed E-state index contributed by atoms with van der Waals surface area (Å²) in [6.45, 7) is 0. The molecule has 1 fully saturated rings. The zero-order valence-electron chi connectivity index (χ0n) is 16.8. The molecule has 2 aromatic carbocycles. The standard InChI is InChI=1S/C23H26N4O2S/c24-21(25-16-8-4-1-2-5-9-16)20-22(28)27-30-23(20)26-17-12-14-19(15-13-17)29-18-10-6-3-7-11-18/h3,6-7,10-16,26H,1-2,4-5,8-9H2,(H2,24,25)(H,27,28). The molecule has 1 saturated carbocycles. The van der Waals surface area contributed by atoms with Gasteiger partial charge in [-0.15, -0.1) is 0 Å². The van der Waals surface area contributed by atoms with E-state index in [1.807, 2.05) is 54.6 Å². The minimum Gasteiger partial charge on any atom is -0.457 e. The van der Waals surface area contributed by atoms with Gasteiger partial charge in [0.15, 0.2) is 0 Å². The van der Waals surface area contributed by atoms with Gasteiger partial charge in [0.25, 0.3) is 5.56 Å². The molecule has 0 saturated heterocycles. The number of nitrogens with one attached hydrogen (secondary N) is 2. The van der Waals surface area contributed by atoms with E-state index in [1.165, 1.54) is 37.2 Å². The average molecular weight is 423 g/mol. The van der Waals surface area contributed by atoms with E-state index < -0.39 is 0 Å². The van der Waals surface area contributed by atoms with Gasteiger partial charge in [-0.2, -0.15) is 0 Å². The molecule has 30 heavy (non-hydrogen) atoms. The third kappa shape index (κ3) is 5.10. The van der Waals surface area contributed by atoms with Crippen LogP contribution in [-0.2, 0) is 0 Å². The van der Waals surface area contributed by atoms with Gasteiger partial charge in [0, 0.05) is 5.69 Å². The van der Waals surface area contributed by atoms with Crippen molar-refractivity contribution in [3.63, 3.8) is 0 Å². The van der Waals surface area contributed by atoms with Crippen LogP contribution >= 0.6 is 11.5 Å². The fourth-order valence-corrected chi connectivity index (χ4v) is 4.40. The van der Waals surface area contributed by atoms with Crippen molar-refractivity contribution in [2.75, 3.05) is 5.32 Å². The minimum absolute atomic E-state index is 0.203. The van der Waals surface area contributed by atoms with Crippen molar-refractivity contribution in [3.05, 3.63) is 70.5 Å². The van der Waals surface area contributed by atoms with Gasteiger partial charge in [0.05, 0.1) is 6.04 Å². The molecule has 0 atom stereocenters. The lowest BCUT2D eigenvalue weighted by atomic mass is 10.1. The lowest BCUT2D eigenvalue weighted by Crippen LogP contribution is -2.24. The van der Waals surface area contributed by atoms with Crippen LogP contribution in [0.3, 0.4) is 0 Å². The number of hydrogen-bond acceptors (Lipinski definition) is 5. The van der Waals surface area contributed by atoms with Gasteiger partial charge < -0.3 is 15.8 Å². The number of nitrogens with zero attached hydrogens (tertiary/aromatic N) is 1. The second-order valence-electron chi connectivity index (χ2n) is 7.46. The molecular formula is C23H26N4O2S. The SMILES string of the molecule is NC(=NC1CCCCCC1)c1c(Nc2ccc(Oc3ccccc3)cc2)s[nH]c1=O. The maximum atomic E-state index is 12.4. The highest BCUT2D eigenvalue weighted by Crippen LogP contribution is 2.27. The first-order valence-electron chi connectivity index (χ1n) is 10.3. The number of rotatable bonds is 6. The van der Waals surface area contributed by atoms with E-state index in [1.54, 1.807) is 0 Å². The zero-order chi connectivity index (χ0) is 20.8. The van der Waals surface area contributed by atoms with E-state index in [4.69, 9.17) is 10.5 Å². The van der Waals surface area contributed by atoms with Crippen molar-refractivity contribution in [1.29, 1.82) is 0 Å². The second-order valence-corrected chi connectivity index (χ2v) is 8.28. The summed E-state index contributed by atoms with van der Waals surface area (Å²) in [5.41, 5.74) is 7.32.